The molecule has 0 spiro atoms. The number of esters is 1. The van der Waals surface area contributed by atoms with Crippen LogP contribution in [0.25, 0.3) is 11.0 Å². The lowest BCUT2D eigenvalue weighted by Crippen LogP contribution is -2.14. The average Bonchev–Trinajstić information content (AvgIpc) is 2.63. The molecule has 6 nitrogen and oxygen atoms in total. The summed E-state index contributed by atoms with van der Waals surface area (Å²) in [7, 11) is 0. The maximum Gasteiger partial charge on any atom is 0.342 e. The van der Waals surface area contributed by atoms with Crippen LogP contribution in [0.15, 0.2) is 42.6 Å². The molecule has 140 valence electrons. The van der Waals surface area contributed by atoms with Gasteiger partial charge in [0.05, 0.1) is 18.4 Å². The smallest absolute Gasteiger partial charge is 0.342 e. The molecular weight excluding hydrogens is 342 g/mol. The van der Waals surface area contributed by atoms with Crippen molar-refractivity contribution in [2.45, 2.75) is 33.8 Å². The lowest BCUT2D eigenvalue weighted by Gasteiger charge is -2.15. The Kier molecular flexibility index (Phi) is 5.54. The predicted molar refractivity (Wildman–Crippen MR) is 106 cm³/mol. The Morgan fingerprint density at radius 3 is 2.56 bits per heavy atom. The third kappa shape index (κ3) is 4.34. The highest BCUT2D eigenvalue weighted by Gasteiger charge is 2.19. The van der Waals surface area contributed by atoms with Crippen molar-refractivity contribution >= 4 is 28.4 Å². The minimum Gasteiger partial charge on any atom is -0.494 e. The van der Waals surface area contributed by atoms with Gasteiger partial charge in [-0.1, -0.05) is 0 Å². The summed E-state index contributed by atoms with van der Waals surface area (Å²) < 4.78 is 10.9. The van der Waals surface area contributed by atoms with E-state index >= 15 is 0 Å². The van der Waals surface area contributed by atoms with E-state index in [2.05, 4.69) is 15.3 Å². The summed E-state index contributed by atoms with van der Waals surface area (Å²) in [5, 5.41) is 4.08. The summed E-state index contributed by atoms with van der Waals surface area (Å²) in [5.74, 6) is 0.368. The number of nitrogens with zero attached hydrogens (tertiary/aromatic N) is 2. The molecule has 0 bridgehead atoms. The van der Waals surface area contributed by atoms with Crippen LogP contribution in [0, 0.1) is 6.92 Å². The quantitative estimate of drug-likeness (QED) is 0.641. The molecule has 0 aliphatic rings. The number of rotatable bonds is 6. The molecule has 0 saturated carbocycles. The number of carbonyl (C=O) groups excluding carboxylic acids is 1. The van der Waals surface area contributed by atoms with E-state index in [1.54, 1.807) is 0 Å². The Labute approximate surface area is 158 Å². The summed E-state index contributed by atoms with van der Waals surface area (Å²) in [5.41, 5.74) is 3.26. The fraction of sp³-hybridized carbons (Fsp3) is 0.286. The molecule has 0 saturated heterocycles. The van der Waals surface area contributed by atoms with E-state index in [9.17, 15) is 4.79 Å². The lowest BCUT2D eigenvalue weighted by atomic mass is 10.1. The largest absolute Gasteiger partial charge is 0.494 e. The number of anilines is 2. The van der Waals surface area contributed by atoms with Crippen molar-refractivity contribution in [2.75, 3.05) is 11.9 Å². The zero-order valence-corrected chi connectivity index (χ0v) is 15.9. The highest BCUT2D eigenvalue weighted by atomic mass is 16.5. The van der Waals surface area contributed by atoms with Crippen LogP contribution in [0.2, 0.25) is 0 Å². The Morgan fingerprint density at radius 1 is 1.15 bits per heavy atom. The van der Waals surface area contributed by atoms with Crippen LogP contribution in [-0.4, -0.2) is 28.6 Å². The zero-order valence-electron chi connectivity index (χ0n) is 15.9. The number of hydrogen-bond donors (Lipinski definition) is 1. The minimum atomic E-state index is -0.423. The second-order valence-electron chi connectivity index (χ2n) is 6.41. The van der Waals surface area contributed by atoms with E-state index in [4.69, 9.17) is 9.47 Å². The molecule has 0 amide bonds. The van der Waals surface area contributed by atoms with Crippen LogP contribution in [-0.2, 0) is 4.74 Å². The molecule has 27 heavy (non-hydrogen) atoms. The van der Waals surface area contributed by atoms with Gasteiger partial charge in [-0.15, -0.1) is 0 Å². The molecule has 6 heteroatoms. The maximum atomic E-state index is 12.6. The van der Waals surface area contributed by atoms with Gasteiger partial charge in [-0.2, -0.15) is 0 Å². The van der Waals surface area contributed by atoms with Crippen LogP contribution in [0.1, 0.15) is 36.8 Å². The van der Waals surface area contributed by atoms with Gasteiger partial charge in [0.15, 0.2) is 5.65 Å². The van der Waals surface area contributed by atoms with Gasteiger partial charge in [0.1, 0.15) is 11.3 Å². The van der Waals surface area contributed by atoms with E-state index in [0.717, 1.165) is 22.5 Å². The lowest BCUT2D eigenvalue weighted by molar-refractivity contribution is 0.0379. The van der Waals surface area contributed by atoms with E-state index < -0.39 is 5.97 Å². The molecule has 3 rings (SSSR count). The van der Waals surface area contributed by atoms with Gasteiger partial charge in [-0.25, -0.2) is 14.8 Å². The van der Waals surface area contributed by atoms with Crippen molar-refractivity contribution in [3.05, 3.63) is 53.9 Å². The van der Waals surface area contributed by atoms with E-state index in [1.165, 1.54) is 6.20 Å². The van der Waals surface area contributed by atoms with Crippen LogP contribution in [0.3, 0.4) is 0 Å². The van der Waals surface area contributed by atoms with Gasteiger partial charge >= 0.3 is 5.97 Å². The molecule has 3 aromatic rings. The van der Waals surface area contributed by atoms with Gasteiger partial charge in [0.2, 0.25) is 0 Å². The van der Waals surface area contributed by atoms with Crippen molar-refractivity contribution in [3.8, 4) is 5.75 Å². The fourth-order valence-corrected chi connectivity index (χ4v) is 2.68. The first kappa shape index (κ1) is 18.6. The van der Waals surface area contributed by atoms with E-state index in [1.807, 2.05) is 64.1 Å². The molecule has 0 radical (unpaired) electrons. The van der Waals surface area contributed by atoms with Gasteiger partial charge in [0.25, 0.3) is 0 Å². The Balaban J connectivity index is 2.05. The molecule has 0 fully saturated rings. The maximum absolute atomic E-state index is 12.6. The third-order valence-electron chi connectivity index (χ3n) is 3.87. The third-order valence-corrected chi connectivity index (χ3v) is 3.87. The van der Waals surface area contributed by atoms with Crippen molar-refractivity contribution in [1.29, 1.82) is 0 Å². The van der Waals surface area contributed by atoms with Crippen LogP contribution >= 0.6 is 0 Å². The van der Waals surface area contributed by atoms with Crippen molar-refractivity contribution in [2.24, 2.45) is 0 Å². The number of nitrogens with one attached hydrogen (secondary N) is 1. The van der Waals surface area contributed by atoms with E-state index in [0.29, 0.717) is 23.5 Å². The number of benzene rings is 1. The van der Waals surface area contributed by atoms with Crippen LogP contribution in [0.4, 0.5) is 11.4 Å². The molecule has 2 aromatic heterocycles. The normalized spacial score (nSPS) is 10.9. The molecule has 1 N–H and O–H groups in total. The highest BCUT2D eigenvalue weighted by molar-refractivity contribution is 6.05. The Bertz CT molecular complexity index is 953. The average molecular weight is 365 g/mol. The zero-order chi connectivity index (χ0) is 19.4. The Hall–Kier alpha value is -3.15. The number of aryl methyl sites for hydroxylation is 1. The minimum absolute atomic E-state index is 0.220. The molecule has 2 heterocycles. The summed E-state index contributed by atoms with van der Waals surface area (Å²) >= 11 is 0. The highest BCUT2D eigenvalue weighted by Crippen LogP contribution is 2.30. The van der Waals surface area contributed by atoms with Crippen LogP contribution in [0.5, 0.6) is 5.75 Å². The SMILES string of the molecule is CCOc1ccc(Nc2c(C(=O)OC(C)C)cnc3nc(C)ccc23)cc1. The first-order valence-electron chi connectivity index (χ1n) is 8.95. The standard InChI is InChI=1S/C21H23N3O3/c1-5-26-16-9-7-15(8-10-16)24-19-17-11-6-14(4)23-20(17)22-12-18(19)21(25)27-13(2)3/h6-13H,5H2,1-4H3,(H,22,23,24). The van der Waals surface area contributed by atoms with Gasteiger partial charge in [-0.05, 0) is 64.1 Å². The summed E-state index contributed by atoms with van der Waals surface area (Å²) in [6, 6.07) is 11.4. The monoisotopic (exact) mass is 365 g/mol. The molecule has 0 unspecified atom stereocenters. The molecule has 0 aliphatic carbocycles. The van der Waals surface area contributed by atoms with E-state index in [-0.39, 0.29) is 6.10 Å². The first-order chi connectivity index (χ1) is 13.0. The number of carbonyl (C=O) groups is 1. The van der Waals surface area contributed by atoms with Crippen LogP contribution < -0.4 is 10.1 Å². The predicted octanol–water partition coefficient (Wildman–Crippen LogP) is 4.65. The number of ether oxygens (including phenoxy) is 2. The van der Waals surface area contributed by atoms with Crippen molar-refractivity contribution in [1.82, 2.24) is 9.97 Å². The molecular formula is C21H23N3O3. The van der Waals surface area contributed by atoms with Crippen molar-refractivity contribution in [3.63, 3.8) is 0 Å². The van der Waals surface area contributed by atoms with Gasteiger partial charge < -0.3 is 14.8 Å². The van der Waals surface area contributed by atoms with Crippen molar-refractivity contribution < 1.29 is 14.3 Å². The Morgan fingerprint density at radius 2 is 1.89 bits per heavy atom. The molecule has 1 aromatic carbocycles. The first-order valence-corrected chi connectivity index (χ1v) is 8.95. The molecule has 0 aliphatic heterocycles. The fourth-order valence-electron chi connectivity index (χ4n) is 2.68. The number of pyridine rings is 2. The summed E-state index contributed by atoms with van der Waals surface area (Å²) in [6.07, 6.45) is 1.29. The number of aromatic nitrogens is 2. The second kappa shape index (κ2) is 8.03. The van der Waals surface area contributed by atoms with Gasteiger partial charge in [0, 0.05) is 23.0 Å². The summed E-state index contributed by atoms with van der Waals surface area (Å²) in [4.78, 5) is 21.4. The molecule has 0 atom stereocenters. The topological polar surface area (TPSA) is 73.3 Å². The second-order valence-corrected chi connectivity index (χ2v) is 6.41. The summed E-state index contributed by atoms with van der Waals surface area (Å²) in [6.45, 7) is 8.09. The number of hydrogen-bond acceptors (Lipinski definition) is 6. The number of fused-ring (bicyclic) bond motifs is 1. The van der Waals surface area contributed by atoms with Gasteiger partial charge in [-0.3, -0.25) is 0 Å².